The number of nitro benzene ring substituents is 1. The average Bonchev–Trinajstić information content (AvgIpc) is 3.34. The van der Waals surface area contributed by atoms with Gasteiger partial charge in [-0.3, -0.25) is 19.9 Å². The molecule has 1 aromatic heterocycles. The van der Waals surface area contributed by atoms with E-state index in [1.807, 2.05) is 12.2 Å². The second kappa shape index (κ2) is 11.5. The quantitative estimate of drug-likeness (QED) is 0.195. The van der Waals surface area contributed by atoms with Crippen molar-refractivity contribution >= 4 is 23.0 Å². The van der Waals surface area contributed by atoms with Gasteiger partial charge in [-0.15, -0.1) is 11.3 Å². The first-order valence-electron chi connectivity index (χ1n) is 11.0. The summed E-state index contributed by atoms with van der Waals surface area (Å²) in [7, 11) is 1.38. The van der Waals surface area contributed by atoms with Crippen molar-refractivity contribution in [3.8, 4) is 5.75 Å². The molecule has 1 saturated heterocycles. The third-order valence-corrected chi connectivity index (χ3v) is 6.33. The van der Waals surface area contributed by atoms with Crippen LogP contribution in [0.15, 0.2) is 42.1 Å². The van der Waals surface area contributed by atoms with E-state index in [9.17, 15) is 14.9 Å². The van der Waals surface area contributed by atoms with Gasteiger partial charge in [-0.2, -0.15) is 0 Å². The van der Waals surface area contributed by atoms with Gasteiger partial charge in [-0.1, -0.05) is 18.2 Å². The van der Waals surface area contributed by atoms with Crippen molar-refractivity contribution in [3.63, 3.8) is 0 Å². The van der Waals surface area contributed by atoms with E-state index in [4.69, 9.17) is 14.2 Å². The van der Waals surface area contributed by atoms with Crippen LogP contribution >= 0.6 is 11.3 Å². The molecule has 2 aromatic rings. The van der Waals surface area contributed by atoms with Crippen LogP contribution in [-0.4, -0.2) is 41.5 Å². The van der Waals surface area contributed by atoms with E-state index in [-0.39, 0.29) is 29.4 Å². The van der Waals surface area contributed by atoms with Gasteiger partial charge in [0.15, 0.2) is 17.6 Å². The molecule has 1 aromatic carbocycles. The van der Waals surface area contributed by atoms with Crippen LogP contribution in [0.25, 0.3) is 0 Å². The number of carbonyl (C=O) groups excluding carboxylic acids is 1. The molecule has 1 aliphatic heterocycles. The summed E-state index contributed by atoms with van der Waals surface area (Å²) in [6.45, 7) is 5.78. The Bertz CT molecular complexity index is 1010. The summed E-state index contributed by atoms with van der Waals surface area (Å²) in [6, 6.07) is 4.85. The van der Waals surface area contributed by atoms with Crippen LogP contribution in [0.3, 0.4) is 0 Å². The number of nitro groups is 1. The highest BCUT2D eigenvalue weighted by molar-refractivity contribution is 7.09. The summed E-state index contributed by atoms with van der Waals surface area (Å²) < 4.78 is 23.1. The highest BCUT2D eigenvalue weighted by Crippen LogP contribution is 2.41. The second-order valence-electron chi connectivity index (χ2n) is 8.64. The van der Waals surface area contributed by atoms with Crippen LogP contribution < -0.4 is 4.74 Å². The van der Waals surface area contributed by atoms with Crippen molar-refractivity contribution < 1.29 is 28.7 Å². The maximum absolute atomic E-state index is 11.5. The van der Waals surface area contributed by atoms with Gasteiger partial charge < -0.3 is 18.9 Å². The molecule has 0 spiro atoms. The molecule has 0 amide bonds. The maximum Gasteiger partial charge on any atom is 0.311 e. The molecular formula is C24H30N2O7S. The largest absolute Gasteiger partial charge is 0.475 e. The van der Waals surface area contributed by atoms with Gasteiger partial charge >= 0.3 is 11.7 Å². The van der Waals surface area contributed by atoms with Crippen molar-refractivity contribution in [2.75, 3.05) is 13.7 Å². The standard InChI is InChI=1S/C24H30N2O7S/c1-16-10-11-19(18(12-16)26(28)29)33-24(2,3)23-31-14-17(8-6-5-7-9-21(27)30-4)22(32-23)20-13-25-15-34-20/h5-6,10-13,15,17,22-23H,7-9,14H2,1-4H3/t17-,22-,23-/m0/s1. The van der Waals surface area contributed by atoms with E-state index in [1.165, 1.54) is 24.5 Å². The third kappa shape index (κ3) is 6.62. The normalized spacial score (nSPS) is 20.9. The lowest BCUT2D eigenvalue weighted by Gasteiger charge is -2.42. The molecule has 10 heteroatoms. The minimum Gasteiger partial charge on any atom is -0.475 e. The molecule has 0 aliphatic carbocycles. The number of nitrogens with zero attached hydrogens (tertiary/aromatic N) is 2. The number of hydrogen-bond acceptors (Lipinski definition) is 9. The van der Waals surface area contributed by atoms with Gasteiger partial charge in [0, 0.05) is 24.6 Å². The van der Waals surface area contributed by atoms with E-state index in [1.54, 1.807) is 44.6 Å². The van der Waals surface area contributed by atoms with Crippen LogP contribution in [0, 0.1) is 23.0 Å². The molecule has 0 saturated carbocycles. The number of methoxy groups -OCH3 is 1. The molecule has 9 nitrogen and oxygen atoms in total. The minimum absolute atomic E-state index is 0.0376. The van der Waals surface area contributed by atoms with Gasteiger partial charge in [-0.05, 0) is 45.2 Å². The summed E-state index contributed by atoms with van der Waals surface area (Å²) in [5.74, 6) is -0.0382. The lowest BCUT2D eigenvalue weighted by Crippen LogP contribution is -2.50. The number of allylic oxidation sites excluding steroid dienone is 2. The molecule has 0 unspecified atom stereocenters. The van der Waals surface area contributed by atoms with Gasteiger partial charge in [0.1, 0.15) is 6.10 Å². The van der Waals surface area contributed by atoms with Crippen LogP contribution in [0.1, 0.15) is 49.7 Å². The molecule has 3 rings (SSSR count). The van der Waals surface area contributed by atoms with Crippen molar-refractivity contribution in [2.45, 2.75) is 58.0 Å². The van der Waals surface area contributed by atoms with Crippen molar-refractivity contribution in [1.29, 1.82) is 0 Å². The molecule has 2 heterocycles. The van der Waals surface area contributed by atoms with E-state index in [2.05, 4.69) is 9.72 Å². The number of esters is 1. The highest BCUT2D eigenvalue weighted by atomic mass is 32.1. The molecule has 1 fully saturated rings. The lowest BCUT2D eigenvalue weighted by molar-refractivity contribution is -0.386. The van der Waals surface area contributed by atoms with E-state index in [0.717, 1.165) is 10.4 Å². The summed E-state index contributed by atoms with van der Waals surface area (Å²) in [4.78, 5) is 27.5. The number of ether oxygens (including phenoxy) is 4. The lowest BCUT2D eigenvalue weighted by atomic mass is 9.95. The fraction of sp³-hybridized carbons (Fsp3) is 0.500. The number of thiazole rings is 1. The van der Waals surface area contributed by atoms with Crippen molar-refractivity contribution in [1.82, 2.24) is 4.98 Å². The van der Waals surface area contributed by atoms with Crippen LogP contribution in [0.4, 0.5) is 5.69 Å². The predicted molar refractivity (Wildman–Crippen MR) is 127 cm³/mol. The number of aromatic nitrogens is 1. The number of hydrogen-bond donors (Lipinski definition) is 0. The minimum atomic E-state index is -0.996. The summed E-state index contributed by atoms with van der Waals surface area (Å²) in [6.07, 6.45) is 6.37. The van der Waals surface area contributed by atoms with E-state index in [0.29, 0.717) is 25.9 Å². The Morgan fingerprint density at radius 1 is 1.38 bits per heavy atom. The van der Waals surface area contributed by atoms with Crippen molar-refractivity contribution in [2.24, 2.45) is 5.92 Å². The topological polar surface area (TPSA) is 110 Å². The van der Waals surface area contributed by atoms with Crippen LogP contribution in [0.2, 0.25) is 0 Å². The SMILES string of the molecule is COC(=O)CCC=CC[C@H]1CO[C@H](C(C)(C)Oc2ccc(C)cc2[N+](=O)[O-])O[C@@H]1c1cncs1. The molecule has 0 bridgehead atoms. The highest BCUT2D eigenvalue weighted by Gasteiger charge is 2.43. The average molecular weight is 491 g/mol. The number of aryl methyl sites for hydroxylation is 1. The van der Waals surface area contributed by atoms with Gasteiger partial charge in [0.2, 0.25) is 0 Å². The van der Waals surface area contributed by atoms with E-state index >= 15 is 0 Å². The first-order valence-corrected chi connectivity index (χ1v) is 11.9. The predicted octanol–water partition coefficient (Wildman–Crippen LogP) is 5.15. The molecular weight excluding hydrogens is 460 g/mol. The maximum atomic E-state index is 11.5. The fourth-order valence-electron chi connectivity index (χ4n) is 3.68. The summed E-state index contributed by atoms with van der Waals surface area (Å²) in [5.41, 5.74) is 1.43. The fourth-order valence-corrected chi connectivity index (χ4v) is 4.43. The molecule has 3 atom stereocenters. The Hall–Kier alpha value is -2.82. The smallest absolute Gasteiger partial charge is 0.311 e. The third-order valence-electron chi connectivity index (χ3n) is 5.49. The number of benzene rings is 1. The zero-order valence-corrected chi connectivity index (χ0v) is 20.6. The van der Waals surface area contributed by atoms with Crippen LogP contribution in [-0.2, 0) is 19.0 Å². The summed E-state index contributed by atoms with van der Waals surface area (Å²) >= 11 is 1.50. The van der Waals surface area contributed by atoms with Gasteiger partial charge in [-0.25, -0.2) is 0 Å². The summed E-state index contributed by atoms with van der Waals surface area (Å²) in [5, 5.41) is 11.5. The molecule has 34 heavy (non-hydrogen) atoms. The first-order chi connectivity index (χ1) is 16.2. The molecule has 1 aliphatic rings. The monoisotopic (exact) mass is 490 g/mol. The zero-order valence-electron chi connectivity index (χ0n) is 19.8. The second-order valence-corrected chi connectivity index (χ2v) is 9.56. The zero-order chi connectivity index (χ0) is 24.7. The van der Waals surface area contributed by atoms with Crippen molar-refractivity contribution in [3.05, 3.63) is 62.6 Å². The molecule has 184 valence electrons. The Balaban J connectivity index is 1.71. The Labute approximate surface area is 202 Å². The first kappa shape index (κ1) is 25.8. The molecule has 0 N–H and O–H groups in total. The number of rotatable bonds is 10. The van der Waals surface area contributed by atoms with Crippen LogP contribution in [0.5, 0.6) is 5.75 Å². The molecule has 0 radical (unpaired) electrons. The Morgan fingerprint density at radius 3 is 2.85 bits per heavy atom. The van der Waals surface area contributed by atoms with E-state index < -0.39 is 16.8 Å². The van der Waals surface area contributed by atoms with Gasteiger partial charge in [0.05, 0.1) is 29.0 Å². The Kier molecular flexibility index (Phi) is 8.76. The number of carbonyl (C=O) groups is 1. The Morgan fingerprint density at radius 2 is 2.18 bits per heavy atom. The van der Waals surface area contributed by atoms with Gasteiger partial charge in [0.25, 0.3) is 0 Å².